The summed E-state index contributed by atoms with van der Waals surface area (Å²) in [4.78, 5) is 35.8. The lowest BCUT2D eigenvalue weighted by atomic mass is 9.99. The summed E-state index contributed by atoms with van der Waals surface area (Å²) in [5.74, 6) is -1.94. The number of carbonyl (C=O) groups excluding carboxylic acids is 1. The van der Waals surface area contributed by atoms with Gasteiger partial charge in [-0.15, -0.1) is 11.3 Å². The van der Waals surface area contributed by atoms with Crippen molar-refractivity contribution in [1.29, 1.82) is 0 Å². The maximum atomic E-state index is 12.3. The standard InChI is InChI=1S/C12H14N2O5S/c1-6-4-13(5-8(6)12(16)17)11(15)10-3-9(14(18)19)7(2)20-10/h3,6,8H,4-5H2,1-2H3,(H,16,17)/t6-,8-/m1/s1. The molecule has 0 bridgehead atoms. The van der Waals surface area contributed by atoms with Crippen LogP contribution < -0.4 is 0 Å². The second kappa shape index (κ2) is 5.20. The van der Waals surface area contributed by atoms with E-state index < -0.39 is 16.8 Å². The number of carboxylic acids is 1. The fourth-order valence-electron chi connectivity index (χ4n) is 2.37. The Morgan fingerprint density at radius 3 is 2.60 bits per heavy atom. The fraction of sp³-hybridized carbons (Fsp3) is 0.500. The van der Waals surface area contributed by atoms with Crippen LogP contribution in [0.15, 0.2) is 6.07 Å². The van der Waals surface area contributed by atoms with Gasteiger partial charge in [-0.1, -0.05) is 6.92 Å². The molecule has 1 aromatic heterocycles. The molecule has 0 saturated carbocycles. The van der Waals surface area contributed by atoms with Crippen molar-refractivity contribution >= 4 is 28.9 Å². The Morgan fingerprint density at radius 2 is 2.15 bits per heavy atom. The SMILES string of the molecule is Cc1sc(C(=O)N2C[C@@H](C)[C@H](C(=O)O)C2)cc1[N+](=O)[O-]. The number of rotatable bonds is 3. The van der Waals surface area contributed by atoms with Gasteiger partial charge in [0.05, 0.1) is 20.6 Å². The molecule has 108 valence electrons. The van der Waals surface area contributed by atoms with E-state index in [0.29, 0.717) is 11.4 Å². The van der Waals surface area contributed by atoms with Crippen LogP contribution in [-0.2, 0) is 4.79 Å². The van der Waals surface area contributed by atoms with Crippen molar-refractivity contribution in [2.75, 3.05) is 13.1 Å². The minimum absolute atomic E-state index is 0.0691. The molecule has 20 heavy (non-hydrogen) atoms. The van der Waals surface area contributed by atoms with Gasteiger partial charge < -0.3 is 10.0 Å². The Hall–Kier alpha value is -1.96. The molecule has 0 unspecified atom stereocenters. The number of nitro groups is 1. The molecule has 2 atom stereocenters. The quantitative estimate of drug-likeness (QED) is 0.677. The van der Waals surface area contributed by atoms with Gasteiger partial charge in [0.1, 0.15) is 0 Å². The van der Waals surface area contributed by atoms with Crippen molar-refractivity contribution in [3.05, 3.63) is 25.9 Å². The Morgan fingerprint density at radius 1 is 1.50 bits per heavy atom. The van der Waals surface area contributed by atoms with Gasteiger partial charge in [0, 0.05) is 19.2 Å². The van der Waals surface area contributed by atoms with E-state index in [0.717, 1.165) is 11.3 Å². The summed E-state index contributed by atoms with van der Waals surface area (Å²) in [6, 6.07) is 1.26. The highest BCUT2D eigenvalue weighted by Crippen LogP contribution is 2.31. The number of thiophene rings is 1. The molecule has 1 aliphatic rings. The summed E-state index contributed by atoms with van der Waals surface area (Å²) in [6.45, 7) is 3.89. The highest BCUT2D eigenvalue weighted by molar-refractivity contribution is 7.14. The van der Waals surface area contributed by atoms with Crippen LogP contribution in [0.1, 0.15) is 21.5 Å². The van der Waals surface area contributed by atoms with E-state index >= 15 is 0 Å². The first-order valence-corrected chi connectivity index (χ1v) is 6.89. The number of aryl methyl sites for hydroxylation is 1. The van der Waals surface area contributed by atoms with Crippen LogP contribution in [0.25, 0.3) is 0 Å². The lowest BCUT2D eigenvalue weighted by Gasteiger charge is -2.14. The minimum atomic E-state index is -0.916. The van der Waals surface area contributed by atoms with E-state index in [4.69, 9.17) is 5.11 Å². The number of hydrogen-bond acceptors (Lipinski definition) is 5. The zero-order valence-corrected chi connectivity index (χ0v) is 11.8. The number of nitrogens with zero attached hydrogens (tertiary/aromatic N) is 2. The molecule has 2 heterocycles. The van der Waals surface area contributed by atoms with E-state index in [1.165, 1.54) is 11.0 Å². The smallest absolute Gasteiger partial charge is 0.308 e. The van der Waals surface area contributed by atoms with Gasteiger partial charge in [-0.05, 0) is 12.8 Å². The Labute approximate surface area is 119 Å². The molecule has 2 rings (SSSR count). The van der Waals surface area contributed by atoms with Gasteiger partial charge in [0.25, 0.3) is 11.6 Å². The van der Waals surface area contributed by atoms with Crippen LogP contribution >= 0.6 is 11.3 Å². The molecule has 0 aliphatic carbocycles. The molecule has 7 nitrogen and oxygen atoms in total. The van der Waals surface area contributed by atoms with Crippen LogP contribution in [0, 0.1) is 28.9 Å². The number of hydrogen-bond donors (Lipinski definition) is 1. The number of aliphatic carboxylic acids is 1. The van der Waals surface area contributed by atoms with Gasteiger partial charge >= 0.3 is 5.97 Å². The first-order chi connectivity index (χ1) is 9.31. The Kier molecular flexibility index (Phi) is 3.76. The van der Waals surface area contributed by atoms with Gasteiger partial charge in [-0.25, -0.2) is 0 Å². The Balaban J connectivity index is 2.19. The van der Waals surface area contributed by atoms with E-state index in [2.05, 4.69) is 0 Å². The third kappa shape index (κ3) is 2.51. The normalized spacial score (nSPS) is 22.0. The van der Waals surface area contributed by atoms with Crippen LogP contribution in [0.3, 0.4) is 0 Å². The van der Waals surface area contributed by atoms with Gasteiger partial charge in [-0.2, -0.15) is 0 Å². The van der Waals surface area contributed by atoms with Crippen molar-refractivity contribution in [2.45, 2.75) is 13.8 Å². The molecule has 1 fully saturated rings. The fourth-order valence-corrected chi connectivity index (χ4v) is 3.32. The highest BCUT2D eigenvalue weighted by Gasteiger charge is 2.38. The molecule has 1 N–H and O–H groups in total. The molecular weight excluding hydrogens is 284 g/mol. The lowest BCUT2D eigenvalue weighted by Crippen LogP contribution is -2.29. The van der Waals surface area contributed by atoms with E-state index in [1.807, 2.05) is 0 Å². The van der Waals surface area contributed by atoms with Crippen molar-refractivity contribution < 1.29 is 19.6 Å². The molecule has 1 aliphatic heterocycles. The lowest BCUT2D eigenvalue weighted by molar-refractivity contribution is -0.385. The molecular formula is C12H14N2O5S. The van der Waals surface area contributed by atoms with E-state index in [9.17, 15) is 19.7 Å². The average Bonchev–Trinajstić information content (AvgIpc) is 2.91. The van der Waals surface area contributed by atoms with Crippen LogP contribution in [0.5, 0.6) is 0 Å². The number of amides is 1. The van der Waals surface area contributed by atoms with Crippen molar-refractivity contribution in [3.63, 3.8) is 0 Å². The molecule has 8 heteroatoms. The third-order valence-corrected chi connectivity index (χ3v) is 4.54. The second-order valence-electron chi connectivity index (χ2n) is 4.94. The summed E-state index contributed by atoms with van der Waals surface area (Å²) in [7, 11) is 0. The molecule has 1 saturated heterocycles. The number of likely N-dealkylation sites (tertiary alicyclic amines) is 1. The molecule has 1 aromatic rings. The van der Waals surface area contributed by atoms with Crippen molar-refractivity contribution in [2.24, 2.45) is 11.8 Å². The molecule has 0 spiro atoms. The maximum absolute atomic E-state index is 12.3. The average molecular weight is 298 g/mol. The summed E-state index contributed by atoms with van der Waals surface area (Å²) in [5.41, 5.74) is -0.0691. The maximum Gasteiger partial charge on any atom is 0.308 e. The molecule has 0 aromatic carbocycles. The Bertz CT molecular complexity index is 582. The first kappa shape index (κ1) is 14.4. The zero-order valence-electron chi connectivity index (χ0n) is 11.0. The van der Waals surface area contributed by atoms with Crippen molar-refractivity contribution in [3.8, 4) is 0 Å². The van der Waals surface area contributed by atoms with E-state index in [1.54, 1.807) is 13.8 Å². The van der Waals surface area contributed by atoms with Crippen molar-refractivity contribution in [1.82, 2.24) is 4.90 Å². The van der Waals surface area contributed by atoms with Gasteiger partial charge in [-0.3, -0.25) is 19.7 Å². The molecule has 0 radical (unpaired) electrons. The van der Waals surface area contributed by atoms with Gasteiger partial charge in [0.2, 0.25) is 0 Å². The monoisotopic (exact) mass is 298 g/mol. The topological polar surface area (TPSA) is 101 Å². The second-order valence-corrected chi connectivity index (χ2v) is 6.20. The zero-order chi connectivity index (χ0) is 15.0. The largest absolute Gasteiger partial charge is 0.481 e. The number of carboxylic acid groups (broad SMARTS) is 1. The minimum Gasteiger partial charge on any atom is -0.481 e. The molecule has 1 amide bonds. The summed E-state index contributed by atoms with van der Waals surface area (Å²) in [5, 5.41) is 19.8. The summed E-state index contributed by atoms with van der Waals surface area (Å²) >= 11 is 1.07. The first-order valence-electron chi connectivity index (χ1n) is 6.08. The predicted molar refractivity (Wildman–Crippen MR) is 71.9 cm³/mol. The summed E-state index contributed by atoms with van der Waals surface area (Å²) in [6.07, 6.45) is 0. The summed E-state index contributed by atoms with van der Waals surface area (Å²) < 4.78 is 0. The third-order valence-electron chi connectivity index (χ3n) is 3.52. The van der Waals surface area contributed by atoms with Gasteiger partial charge in [0.15, 0.2) is 0 Å². The predicted octanol–water partition coefficient (Wildman–Crippen LogP) is 1.76. The van der Waals surface area contributed by atoms with Crippen LogP contribution in [-0.4, -0.2) is 39.9 Å². The van der Waals surface area contributed by atoms with Crippen LogP contribution in [0.4, 0.5) is 5.69 Å². The highest BCUT2D eigenvalue weighted by atomic mass is 32.1. The van der Waals surface area contributed by atoms with Crippen LogP contribution in [0.2, 0.25) is 0 Å². The number of carbonyl (C=O) groups is 2. The van der Waals surface area contributed by atoms with E-state index in [-0.39, 0.29) is 28.9 Å².